The van der Waals surface area contributed by atoms with Gasteiger partial charge in [-0.1, -0.05) is 39.8 Å². The zero-order valence-electron chi connectivity index (χ0n) is 16.6. The number of esters is 1. The summed E-state index contributed by atoms with van der Waals surface area (Å²) in [5.41, 5.74) is 0.858. The monoisotopic (exact) mass is 483 g/mol. The Balaban J connectivity index is 1.54. The summed E-state index contributed by atoms with van der Waals surface area (Å²) in [6.45, 7) is 2.89. The van der Waals surface area contributed by atoms with E-state index >= 15 is 0 Å². The average Bonchev–Trinajstić information content (AvgIpc) is 3.52. The Kier molecular flexibility index (Phi) is 6.17. The first-order chi connectivity index (χ1) is 14.9. The lowest BCUT2D eigenvalue weighted by Crippen LogP contribution is -2.52. The number of hydrogen-bond acceptors (Lipinski definition) is 8. The van der Waals surface area contributed by atoms with Gasteiger partial charge in [0.1, 0.15) is 10.6 Å². The first-order valence-corrected chi connectivity index (χ1v) is 11.0. The smallest absolute Gasteiger partial charge is 0.349 e. The lowest BCUT2D eigenvalue weighted by molar-refractivity contribution is 0.0606. The van der Waals surface area contributed by atoms with E-state index in [0.29, 0.717) is 40.2 Å². The van der Waals surface area contributed by atoms with Crippen LogP contribution in [0.4, 0.5) is 5.13 Å². The van der Waals surface area contributed by atoms with Crippen molar-refractivity contribution in [3.8, 4) is 0 Å². The van der Waals surface area contributed by atoms with Gasteiger partial charge in [-0.25, -0.2) is 14.5 Å². The largest absolute Gasteiger partial charge is 0.465 e. The number of halogens is 2. The van der Waals surface area contributed by atoms with Gasteiger partial charge in [-0.2, -0.15) is 0 Å². The summed E-state index contributed by atoms with van der Waals surface area (Å²) in [5.74, 6) is -0.763. The van der Waals surface area contributed by atoms with E-state index in [2.05, 4.69) is 30.5 Å². The Morgan fingerprint density at radius 3 is 2.81 bits per heavy atom. The molecule has 164 valence electrons. The molecule has 13 heteroatoms. The predicted molar refractivity (Wildman–Crippen MR) is 116 cm³/mol. The molecule has 4 heterocycles. The molecule has 31 heavy (non-hydrogen) atoms. The number of methoxy groups -OCH3 is 1. The van der Waals surface area contributed by atoms with Crippen molar-refractivity contribution in [2.24, 2.45) is 0 Å². The van der Waals surface area contributed by atoms with Crippen molar-refractivity contribution in [2.75, 3.05) is 25.1 Å². The number of ether oxygens (including phenoxy) is 1. The van der Waals surface area contributed by atoms with E-state index in [-0.39, 0.29) is 28.7 Å². The Labute approximate surface area is 191 Å². The minimum Gasteiger partial charge on any atom is -0.465 e. The standard InChI is InChI=1S/C18H19Cl2N7O3S/c1-9-13(19)14(20)15(23-9)16(28)24-10-3-5-26(8-11(10)27-6-4-22-25-27)18-21-7-12(31-18)17(29)30-2/h4,6-7,10-11,23H,3,5,8H2,1-2H3,(H,24,28). The molecule has 0 aliphatic carbocycles. The number of anilines is 1. The second-order valence-electron chi connectivity index (χ2n) is 7.02. The summed E-state index contributed by atoms with van der Waals surface area (Å²) >= 11 is 13.6. The Bertz CT molecular complexity index is 1100. The van der Waals surface area contributed by atoms with Crippen LogP contribution in [0.2, 0.25) is 10.0 Å². The zero-order valence-corrected chi connectivity index (χ0v) is 19.0. The summed E-state index contributed by atoms with van der Waals surface area (Å²) < 4.78 is 6.47. The molecule has 2 N–H and O–H groups in total. The normalized spacial score (nSPS) is 18.8. The second-order valence-corrected chi connectivity index (χ2v) is 8.78. The van der Waals surface area contributed by atoms with Gasteiger partial charge >= 0.3 is 5.97 Å². The molecule has 0 spiro atoms. The van der Waals surface area contributed by atoms with Crippen LogP contribution in [0, 0.1) is 6.92 Å². The van der Waals surface area contributed by atoms with Crippen LogP contribution in [0.25, 0.3) is 0 Å². The van der Waals surface area contributed by atoms with Crippen molar-refractivity contribution in [3.63, 3.8) is 0 Å². The van der Waals surface area contributed by atoms with Gasteiger partial charge in [0, 0.05) is 25.0 Å². The number of H-pyrrole nitrogens is 1. The molecule has 0 bridgehead atoms. The van der Waals surface area contributed by atoms with Crippen LogP contribution in [0.1, 0.15) is 38.3 Å². The van der Waals surface area contributed by atoms with Gasteiger partial charge in [-0.3, -0.25) is 4.79 Å². The van der Waals surface area contributed by atoms with Crippen molar-refractivity contribution >= 4 is 51.5 Å². The number of thiazole rings is 1. The maximum absolute atomic E-state index is 12.9. The third kappa shape index (κ3) is 4.25. The summed E-state index contributed by atoms with van der Waals surface area (Å²) in [5, 5.41) is 12.3. The quantitative estimate of drug-likeness (QED) is 0.535. The number of amides is 1. The van der Waals surface area contributed by atoms with Crippen molar-refractivity contribution < 1.29 is 14.3 Å². The van der Waals surface area contributed by atoms with Crippen LogP contribution in [0.3, 0.4) is 0 Å². The van der Waals surface area contributed by atoms with Crippen LogP contribution >= 0.6 is 34.5 Å². The summed E-state index contributed by atoms with van der Waals surface area (Å²) in [7, 11) is 1.34. The Morgan fingerprint density at radius 1 is 1.35 bits per heavy atom. The lowest BCUT2D eigenvalue weighted by atomic mass is 9.99. The predicted octanol–water partition coefficient (Wildman–Crippen LogP) is 2.71. The van der Waals surface area contributed by atoms with E-state index in [0.717, 1.165) is 0 Å². The van der Waals surface area contributed by atoms with E-state index in [4.69, 9.17) is 27.9 Å². The van der Waals surface area contributed by atoms with Crippen molar-refractivity contribution in [1.29, 1.82) is 0 Å². The highest BCUT2D eigenvalue weighted by molar-refractivity contribution is 7.17. The van der Waals surface area contributed by atoms with Crippen molar-refractivity contribution in [2.45, 2.75) is 25.4 Å². The van der Waals surface area contributed by atoms with Gasteiger partial charge in [0.05, 0.1) is 41.6 Å². The maximum Gasteiger partial charge on any atom is 0.349 e. The van der Waals surface area contributed by atoms with E-state index in [1.165, 1.54) is 24.6 Å². The zero-order chi connectivity index (χ0) is 22.1. The topological polar surface area (TPSA) is 118 Å². The van der Waals surface area contributed by atoms with Gasteiger partial charge in [0.2, 0.25) is 0 Å². The molecule has 0 saturated carbocycles. The van der Waals surface area contributed by atoms with Crippen LogP contribution < -0.4 is 10.2 Å². The molecule has 4 rings (SSSR count). The van der Waals surface area contributed by atoms with E-state index in [1.54, 1.807) is 24.0 Å². The number of carbonyl (C=O) groups excluding carboxylic acids is 2. The second kappa shape index (κ2) is 8.85. The highest BCUT2D eigenvalue weighted by Crippen LogP contribution is 2.32. The molecule has 2 unspecified atom stereocenters. The van der Waals surface area contributed by atoms with Crippen LogP contribution in [0.5, 0.6) is 0 Å². The minimum absolute atomic E-state index is 0.199. The first-order valence-electron chi connectivity index (χ1n) is 9.38. The molecule has 1 aliphatic rings. The molecule has 3 aromatic heterocycles. The molecule has 10 nitrogen and oxygen atoms in total. The molecular weight excluding hydrogens is 465 g/mol. The highest BCUT2D eigenvalue weighted by atomic mass is 35.5. The SMILES string of the molecule is COC(=O)c1cnc(N2CCC(NC(=O)c3[nH]c(C)c(Cl)c3Cl)C(n3ccnn3)C2)s1. The molecular formula is C18H19Cl2N7O3S. The number of aromatic amines is 1. The molecule has 1 aliphatic heterocycles. The first kappa shape index (κ1) is 21.6. The lowest BCUT2D eigenvalue weighted by Gasteiger charge is -2.38. The van der Waals surface area contributed by atoms with Gasteiger partial charge in [-0.15, -0.1) is 5.10 Å². The average molecular weight is 484 g/mol. The molecule has 2 atom stereocenters. The van der Waals surface area contributed by atoms with Gasteiger partial charge < -0.3 is 19.9 Å². The van der Waals surface area contributed by atoms with E-state index < -0.39 is 5.97 Å². The summed E-state index contributed by atoms with van der Waals surface area (Å²) in [6.07, 6.45) is 5.46. The number of rotatable bonds is 5. The van der Waals surface area contributed by atoms with Crippen LogP contribution in [-0.2, 0) is 4.74 Å². The highest BCUT2D eigenvalue weighted by Gasteiger charge is 2.34. The third-order valence-electron chi connectivity index (χ3n) is 5.11. The van der Waals surface area contributed by atoms with Crippen molar-refractivity contribution in [1.82, 2.24) is 30.3 Å². The van der Waals surface area contributed by atoms with Gasteiger partial charge in [0.15, 0.2) is 5.13 Å². The minimum atomic E-state index is -0.421. The molecule has 0 radical (unpaired) electrons. The Hall–Kier alpha value is -2.63. The Morgan fingerprint density at radius 2 is 2.16 bits per heavy atom. The van der Waals surface area contributed by atoms with Gasteiger partial charge in [0.25, 0.3) is 5.91 Å². The fourth-order valence-electron chi connectivity index (χ4n) is 3.51. The molecule has 1 fully saturated rings. The molecule has 3 aromatic rings. The maximum atomic E-state index is 12.9. The van der Waals surface area contributed by atoms with Crippen LogP contribution in [-0.4, -0.2) is 63.1 Å². The number of piperidine rings is 1. The number of nitrogens with one attached hydrogen (secondary N) is 2. The fraction of sp³-hybridized carbons (Fsp3) is 0.389. The number of aromatic nitrogens is 5. The van der Waals surface area contributed by atoms with Gasteiger partial charge in [-0.05, 0) is 13.3 Å². The number of hydrogen-bond donors (Lipinski definition) is 2. The molecule has 1 amide bonds. The number of aryl methyl sites for hydroxylation is 1. The number of carbonyl (C=O) groups is 2. The van der Waals surface area contributed by atoms with E-state index in [9.17, 15) is 9.59 Å². The summed E-state index contributed by atoms with van der Waals surface area (Å²) in [4.78, 5) is 34.4. The van der Waals surface area contributed by atoms with Crippen molar-refractivity contribution in [3.05, 3.63) is 44.9 Å². The fourth-order valence-corrected chi connectivity index (χ4v) is 4.80. The number of nitrogens with zero attached hydrogens (tertiary/aromatic N) is 5. The summed E-state index contributed by atoms with van der Waals surface area (Å²) in [6, 6.07) is -0.445. The van der Waals surface area contributed by atoms with Crippen LogP contribution in [0.15, 0.2) is 18.6 Å². The molecule has 0 aromatic carbocycles. The third-order valence-corrected chi connectivity index (χ3v) is 7.10. The van der Waals surface area contributed by atoms with E-state index in [1.807, 2.05) is 0 Å². The molecule has 1 saturated heterocycles.